The van der Waals surface area contributed by atoms with Gasteiger partial charge in [0.2, 0.25) is 0 Å². The number of fused-ring (bicyclic) bond motifs is 4. The number of piperazine rings is 1. The average Bonchev–Trinajstić information content (AvgIpc) is 3.22. The van der Waals surface area contributed by atoms with E-state index in [0.29, 0.717) is 24.3 Å². The summed E-state index contributed by atoms with van der Waals surface area (Å²) in [5, 5.41) is 0.752. The predicted octanol–water partition coefficient (Wildman–Crippen LogP) is 4.45. The third kappa shape index (κ3) is 3.41. The van der Waals surface area contributed by atoms with Gasteiger partial charge in [0.1, 0.15) is 4.83 Å². The third-order valence-electron chi connectivity index (χ3n) is 7.24. The van der Waals surface area contributed by atoms with Crippen LogP contribution < -0.4 is 10.5 Å². The number of nitrogens with zero attached hydrogens (tertiary/aromatic N) is 4. The molecule has 6 nitrogen and oxygen atoms in total. The lowest BCUT2D eigenvalue weighted by atomic mass is 9.97. The normalized spacial score (nSPS) is 18.5. The quantitative estimate of drug-likeness (QED) is 0.433. The maximum Gasteiger partial charge on any atom is 0.266 e. The number of aryl methyl sites for hydroxylation is 3. The van der Waals surface area contributed by atoms with Gasteiger partial charge in [-0.2, -0.15) is 0 Å². The summed E-state index contributed by atoms with van der Waals surface area (Å²) in [6.07, 6.45) is 5.99. The first-order valence-corrected chi connectivity index (χ1v) is 12.9. The molecule has 1 aliphatic heterocycles. The van der Waals surface area contributed by atoms with Gasteiger partial charge in [0, 0.05) is 42.4 Å². The maximum absolute atomic E-state index is 13.7. The molecule has 0 bridgehead atoms. The Balaban J connectivity index is 1.35. The SMILES string of the molecule is Cc1cccc(N2CCN(C(=O)c3cccn4c(=O)c5c6c(sc5nc34)CCCC6)C[C@H]2C)c1. The molecule has 1 aliphatic carbocycles. The molecule has 1 aromatic carbocycles. The average molecular weight is 473 g/mol. The van der Waals surface area contributed by atoms with E-state index in [1.165, 1.54) is 21.7 Å². The minimum atomic E-state index is -0.0542. The zero-order valence-corrected chi connectivity index (χ0v) is 20.4. The molecule has 4 aromatic rings. The van der Waals surface area contributed by atoms with E-state index in [2.05, 4.69) is 43.0 Å². The number of aromatic nitrogens is 2. The van der Waals surface area contributed by atoms with E-state index < -0.39 is 0 Å². The topological polar surface area (TPSA) is 57.9 Å². The lowest BCUT2D eigenvalue weighted by Gasteiger charge is -2.41. The van der Waals surface area contributed by atoms with Gasteiger partial charge in [-0.3, -0.25) is 14.0 Å². The van der Waals surface area contributed by atoms with Gasteiger partial charge in [-0.1, -0.05) is 12.1 Å². The molecule has 0 spiro atoms. The molecule has 174 valence electrons. The molecule has 7 heteroatoms. The molecule has 6 rings (SSSR count). The summed E-state index contributed by atoms with van der Waals surface area (Å²) in [5.74, 6) is -0.0542. The lowest BCUT2D eigenvalue weighted by molar-refractivity contribution is 0.0727. The molecule has 2 aliphatic rings. The molecule has 0 unspecified atom stereocenters. The van der Waals surface area contributed by atoms with Crippen LogP contribution in [0.2, 0.25) is 0 Å². The van der Waals surface area contributed by atoms with Gasteiger partial charge >= 0.3 is 0 Å². The Morgan fingerprint density at radius 3 is 2.79 bits per heavy atom. The maximum atomic E-state index is 13.7. The number of thiophene rings is 1. The molecule has 3 aromatic heterocycles. The predicted molar refractivity (Wildman–Crippen MR) is 137 cm³/mol. The standard InChI is InChI=1S/C27H28N4O2S/c1-17-7-5-8-19(15-17)30-14-13-29(16-18(30)2)26(32)21-10-6-12-31-24(21)28-25-23(27(31)33)20-9-3-4-11-22(20)34-25/h5-8,10,12,15,18H,3-4,9,11,13-14,16H2,1-2H3/t18-/m1/s1. The van der Waals surface area contributed by atoms with Gasteiger partial charge in [0.05, 0.1) is 10.9 Å². The van der Waals surface area contributed by atoms with Crippen molar-refractivity contribution in [1.82, 2.24) is 14.3 Å². The van der Waals surface area contributed by atoms with E-state index >= 15 is 0 Å². The largest absolute Gasteiger partial charge is 0.365 e. The second-order valence-corrected chi connectivity index (χ2v) is 10.6. The summed E-state index contributed by atoms with van der Waals surface area (Å²) in [6, 6.07) is 12.3. The van der Waals surface area contributed by atoms with Crippen molar-refractivity contribution in [3.63, 3.8) is 0 Å². The fourth-order valence-corrected chi connectivity index (χ4v) is 6.77. The molecule has 4 heterocycles. The summed E-state index contributed by atoms with van der Waals surface area (Å²) in [4.78, 5) is 38.3. The highest BCUT2D eigenvalue weighted by Gasteiger charge is 2.29. The van der Waals surface area contributed by atoms with Crippen LogP contribution in [0.5, 0.6) is 0 Å². The Bertz CT molecular complexity index is 1490. The zero-order chi connectivity index (χ0) is 23.4. The molecule has 1 amide bonds. The molecular formula is C27H28N4O2S. The number of carbonyl (C=O) groups is 1. The van der Waals surface area contributed by atoms with Crippen molar-refractivity contribution in [3.05, 3.63) is 74.5 Å². The molecule has 1 atom stereocenters. The van der Waals surface area contributed by atoms with E-state index in [4.69, 9.17) is 4.98 Å². The highest BCUT2D eigenvalue weighted by atomic mass is 32.1. The molecule has 1 fully saturated rings. The van der Waals surface area contributed by atoms with E-state index in [-0.39, 0.29) is 17.5 Å². The summed E-state index contributed by atoms with van der Waals surface area (Å²) >= 11 is 1.63. The van der Waals surface area contributed by atoms with Crippen molar-refractivity contribution in [2.24, 2.45) is 0 Å². The van der Waals surface area contributed by atoms with Crippen molar-refractivity contribution >= 4 is 38.8 Å². The van der Waals surface area contributed by atoms with Gasteiger partial charge in [-0.15, -0.1) is 11.3 Å². The minimum Gasteiger partial charge on any atom is -0.365 e. The van der Waals surface area contributed by atoms with E-state index in [0.717, 1.165) is 42.4 Å². The lowest BCUT2D eigenvalue weighted by Crippen LogP contribution is -2.53. The number of pyridine rings is 1. The van der Waals surface area contributed by atoms with Gasteiger partial charge < -0.3 is 9.80 Å². The monoisotopic (exact) mass is 472 g/mol. The first-order valence-electron chi connectivity index (χ1n) is 12.1. The summed E-state index contributed by atoms with van der Waals surface area (Å²) in [5.41, 5.74) is 4.53. The van der Waals surface area contributed by atoms with Gasteiger partial charge in [-0.05, 0) is 74.9 Å². The number of carbonyl (C=O) groups excluding carboxylic acids is 1. The van der Waals surface area contributed by atoms with Crippen molar-refractivity contribution in [2.45, 2.75) is 45.6 Å². The van der Waals surface area contributed by atoms with Crippen LogP contribution in [0.25, 0.3) is 15.9 Å². The van der Waals surface area contributed by atoms with Crippen LogP contribution in [-0.2, 0) is 12.8 Å². The first-order chi connectivity index (χ1) is 16.5. The Hall–Kier alpha value is -3.19. The Kier molecular flexibility index (Phi) is 5.17. The molecule has 34 heavy (non-hydrogen) atoms. The fourth-order valence-electron chi connectivity index (χ4n) is 5.52. The van der Waals surface area contributed by atoms with Crippen LogP contribution in [0.15, 0.2) is 47.4 Å². The van der Waals surface area contributed by atoms with Crippen molar-refractivity contribution in [1.29, 1.82) is 0 Å². The first kappa shape index (κ1) is 21.4. The van der Waals surface area contributed by atoms with Gasteiger partial charge in [0.25, 0.3) is 11.5 Å². The Labute approximate surface area is 202 Å². The van der Waals surface area contributed by atoms with E-state index in [9.17, 15) is 9.59 Å². The molecular weight excluding hydrogens is 444 g/mol. The molecule has 0 radical (unpaired) electrons. The fraction of sp³-hybridized carbons (Fsp3) is 0.370. The van der Waals surface area contributed by atoms with Gasteiger partial charge in [-0.25, -0.2) is 4.98 Å². The minimum absolute atomic E-state index is 0.0494. The Morgan fingerprint density at radius 1 is 1.12 bits per heavy atom. The summed E-state index contributed by atoms with van der Waals surface area (Å²) < 4.78 is 1.57. The number of benzene rings is 1. The third-order valence-corrected chi connectivity index (χ3v) is 8.42. The molecule has 0 saturated carbocycles. The van der Waals surface area contributed by atoms with Crippen LogP contribution in [0, 0.1) is 6.92 Å². The highest BCUT2D eigenvalue weighted by molar-refractivity contribution is 7.18. The molecule has 0 N–H and O–H groups in total. The number of hydrogen-bond donors (Lipinski definition) is 0. The Morgan fingerprint density at radius 2 is 1.97 bits per heavy atom. The number of amides is 1. The smallest absolute Gasteiger partial charge is 0.266 e. The summed E-state index contributed by atoms with van der Waals surface area (Å²) in [6.45, 7) is 6.31. The number of hydrogen-bond acceptors (Lipinski definition) is 5. The second kappa shape index (κ2) is 8.24. The van der Waals surface area contributed by atoms with Crippen LogP contribution in [0.3, 0.4) is 0 Å². The van der Waals surface area contributed by atoms with Crippen molar-refractivity contribution < 1.29 is 4.79 Å². The van der Waals surface area contributed by atoms with Crippen LogP contribution in [0.4, 0.5) is 5.69 Å². The van der Waals surface area contributed by atoms with E-state index in [1.54, 1.807) is 34.1 Å². The van der Waals surface area contributed by atoms with E-state index in [1.807, 2.05) is 4.90 Å². The second-order valence-electron chi connectivity index (χ2n) is 9.56. The molecule has 1 saturated heterocycles. The number of anilines is 1. The van der Waals surface area contributed by atoms with Crippen LogP contribution in [-0.4, -0.2) is 45.9 Å². The van der Waals surface area contributed by atoms with Crippen molar-refractivity contribution in [3.8, 4) is 0 Å². The van der Waals surface area contributed by atoms with Gasteiger partial charge in [0.15, 0.2) is 5.65 Å². The highest BCUT2D eigenvalue weighted by Crippen LogP contribution is 2.34. The zero-order valence-electron chi connectivity index (χ0n) is 19.6. The van der Waals surface area contributed by atoms with Crippen LogP contribution in [0.1, 0.15) is 46.1 Å². The van der Waals surface area contributed by atoms with Crippen LogP contribution >= 0.6 is 11.3 Å². The van der Waals surface area contributed by atoms with Crippen molar-refractivity contribution in [2.75, 3.05) is 24.5 Å². The number of rotatable bonds is 2. The summed E-state index contributed by atoms with van der Waals surface area (Å²) in [7, 11) is 0.